The van der Waals surface area contributed by atoms with Crippen molar-refractivity contribution in [1.29, 1.82) is 0 Å². The van der Waals surface area contributed by atoms with Gasteiger partial charge >= 0.3 is 0 Å². The van der Waals surface area contributed by atoms with E-state index in [1.54, 1.807) is 36.4 Å². The SMILES string of the molecule is O=C(N=c1nc(N(Cc2ccc([N+](=O)[O-])cc2)c2ccccc2)ss1)c1ccccc1. The largest absolute Gasteiger partial charge is 0.313 e. The highest BCUT2D eigenvalue weighted by Crippen LogP contribution is 2.30. The highest BCUT2D eigenvalue weighted by molar-refractivity contribution is 7.69. The summed E-state index contributed by atoms with van der Waals surface area (Å²) in [5.74, 6) is -0.338. The molecule has 9 heteroatoms. The van der Waals surface area contributed by atoms with Crippen molar-refractivity contribution >= 4 is 43.1 Å². The number of benzene rings is 3. The van der Waals surface area contributed by atoms with Crippen molar-refractivity contribution in [3.8, 4) is 0 Å². The molecule has 0 aliphatic heterocycles. The van der Waals surface area contributed by atoms with Crippen LogP contribution in [0.1, 0.15) is 15.9 Å². The third-order valence-electron chi connectivity index (χ3n) is 4.39. The fourth-order valence-electron chi connectivity index (χ4n) is 2.86. The molecule has 0 saturated carbocycles. The molecule has 0 spiro atoms. The molecule has 1 aromatic heterocycles. The van der Waals surface area contributed by atoms with Gasteiger partial charge in [-0.25, -0.2) is 0 Å². The van der Waals surface area contributed by atoms with Crippen LogP contribution in [0.5, 0.6) is 0 Å². The maximum absolute atomic E-state index is 12.4. The van der Waals surface area contributed by atoms with E-state index in [1.165, 1.54) is 32.8 Å². The van der Waals surface area contributed by atoms with Gasteiger partial charge in [-0.2, -0.15) is 9.98 Å². The normalized spacial score (nSPS) is 11.3. The number of hydrogen-bond acceptors (Lipinski definition) is 7. The molecule has 0 N–H and O–H groups in total. The van der Waals surface area contributed by atoms with E-state index in [9.17, 15) is 14.9 Å². The molecule has 0 aliphatic carbocycles. The van der Waals surface area contributed by atoms with Gasteiger partial charge in [0.25, 0.3) is 11.6 Å². The Labute approximate surface area is 185 Å². The number of amides is 1. The van der Waals surface area contributed by atoms with Gasteiger partial charge in [0.1, 0.15) is 0 Å². The number of carbonyl (C=O) groups is 1. The van der Waals surface area contributed by atoms with Crippen molar-refractivity contribution in [3.05, 3.63) is 111 Å². The van der Waals surface area contributed by atoms with E-state index < -0.39 is 4.92 Å². The van der Waals surface area contributed by atoms with Crippen LogP contribution in [0.2, 0.25) is 0 Å². The summed E-state index contributed by atoms with van der Waals surface area (Å²) in [6.07, 6.45) is 0. The molecule has 0 unspecified atom stereocenters. The highest BCUT2D eigenvalue weighted by atomic mass is 32.9. The van der Waals surface area contributed by atoms with Crippen molar-refractivity contribution in [3.63, 3.8) is 0 Å². The predicted molar refractivity (Wildman–Crippen MR) is 122 cm³/mol. The summed E-state index contributed by atoms with van der Waals surface area (Å²) in [6, 6.07) is 25.0. The van der Waals surface area contributed by atoms with Crippen LogP contribution in [-0.4, -0.2) is 15.8 Å². The van der Waals surface area contributed by atoms with Gasteiger partial charge in [-0.1, -0.05) is 48.5 Å². The molecule has 1 heterocycles. The topological polar surface area (TPSA) is 88.7 Å². The Kier molecular flexibility index (Phi) is 6.25. The van der Waals surface area contributed by atoms with Crippen LogP contribution < -0.4 is 9.70 Å². The van der Waals surface area contributed by atoms with Gasteiger partial charge in [0, 0.05) is 23.4 Å². The summed E-state index contributed by atoms with van der Waals surface area (Å²) >= 11 is 0. The van der Waals surface area contributed by atoms with Crippen LogP contribution in [0.4, 0.5) is 16.5 Å². The first-order chi connectivity index (χ1) is 15.1. The summed E-state index contributed by atoms with van der Waals surface area (Å²) in [5, 5.41) is 11.6. The number of carbonyl (C=O) groups excluding carboxylic acids is 1. The average Bonchev–Trinajstić information content (AvgIpc) is 3.27. The van der Waals surface area contributed by atoms with E-state index in [0.717, 1.165) is 11.3 Å². The van der Waals surface area contributed by atoms with E-state index in [2.05, 4.69) is 9.98 Å². The number of non-ortho nitro benzene ring substituents is 1. The molecule has 4 rings (SSSR count). The maximum Gasteiger partial charge on any atom is 0.279 e. The van der Waals surface area contributed by atoms with Crippen molar-refractivity contribution in [1.82, 2.24) is 4.98 Å². The van der Waals surface area contributed by atoms with Crippen LogP contribution in [0.15, 0.2) is 89.9 Å². The van der Waals surface area contributed by atoms with E-state index >= 15 is 0 Å². The zero-order valence-corrected chi connectivity index (χ0v) is 17.8. The third kappa shape index (κ3) is 5.08. The molecule has 0 bridgehead atoms. The Morgan fingerprint density at radius 1 is 0.935 bits per heavy atom. The molecule has 3 aromatic carbocycles. The molecule has 1 amide bonds. The van der Waals surface area contributed by atoms with Crippen LogP contribution in [0.3, 0.4) is 0 Å². The Hall–Kier alpha value is -3.69. The fraction of sp³-hybridized carbons (Fsp3) is 0.0455. The number of hydrogen-bond donors (Lipinski definition) is 0. The number of aromatic nitrogens is 1. The smallest absolute Gasteiger partial charge is 0.279 e. The molecule has 7 nitrogen and oxygen atoms in total. The number of nitro groups is 1. The first-order valence-electron chi connectivity index (χ1n) is 9.27. The fourth-order valence-corrected chi connectivity index (χ4v) is 4.74. The summed E-state index contributed by atoms with van der Waals surface area (Å²) in [6.45, 7) is 0.467. The lowest BCUT2D eigenvalue weighted by molar-refractivity contribution is -0.384. The molecule has 0 saturated heterocycles. The average molecular weight is 449 g/mol. The lowest BCUT2D eigenvalue weighted by Crippen LogP contribution is -2.17. The van der Waals surface area contributed by atoms with Crippen molar-refractivity contribution in [2.45, 2.75) is 6.54 Å². The molecule has 4 aromatic rings. The van der Waals surface area contributed by atoms with Crippen LogP contribution in [-0.2, 0) is 6.54 Å². The Morgan fingerprint density at radius 3 is 2.23 bits per heavy atom. The quantitative estimate of drug-likeness (QED) is 0.230. The van der Waals surface area contributed by atoms with Crippen molar-refractivity contribution in [2.75, 3.05) is 4.90 Å². The molecular formula is C22H16N4O3S2. The van der Waals surface area contributed by atoms with Gasteiger partial charge in [-0.15, -0.1) is 0 Å². The second kappa shape index (κ2) is 9.41. The van der Waals surface area contributed by atoms with Gasteiger partial charge in [0.2, 0.25) is 9.93 Å². The number of para-hydroxylation sites is 1. The zero-order valence-electron chi connectivity index (χ0n) is 16.1. The molecular weight excluding hydrogens is 432 g/mol. The van der Waals surface area contributed by atoms with Gasteiger partial charge in [0.05, 0.1) is 11.5 Å². The van der Waals surface area contributed by atoms with E-state index in [1.807, 2.05) is 41.3 Å². The predicted octanol–water partition coefficient (Wildman–Crippen LogP) is 5.19. The van der Waals surface area contributed by atoms with Gasteiger partial charge < -0.3 is 4.90 Å². The first-order valence-corrected chi connectivity index (χ1v) is 11.4. The zero-order chi connectivity index (χ0) is 21.6. The standard InChI is InChI=1S/C22H16N4O3S2/c27-20(17-7-3-1-4-8-17)23-21-24-22(31-30-21)25(18-9-5-2-6-10-18)15-16-11-13-19(14-12-16)26(28)29/h1-14H,15H2. The lowest BCUT2D eigenvalue weighted by atomic mass is 10.2. The molecule has 0 fully saturated rings. The number of rotatable bonds is 6. The van der Waals surface area contributed by atoms with E-state index in [0.29, 0.717) is 22.0 Å². The summed E-state index contributed by atoms with van der Waals surface area (Å²) in [7, 11) is 2.74. The number of nitro benzene ring substituents is 1. The van der Waals surface area contributed by atoms with Gasteiger partial charge in [0.15, 0.2) is 0 Å². The molecule has 0 aliphatic rings. The monoisotopic (exact) mass is 448 g/mol. The van der Waals surface area contributed by atoms with Gasteiger partial charge in [-0.05, 0) is 50.5 Å². The minimum Gasteiger partial charge on any atom is -0.313 e. The molecule has 154 valence electrons. The van der Waals surface area contributed by atoms with Crippen LogP contribution >= 0.6 is 20.7 Å². The maximum atomic E-state index is 12.4. The highest BCUT2D eigenvalue weighted by Gasteiger charge is 2.15. The minimum atomic E-state index is -0.418. The van der Waals surface area contributed by atoms with Crippen LogP contribution in [0, 0.1) is 10.1 Å². The van der Waals surface area contributed by atoms with E-state index in [4.69, 9.17) is 0 Å². The summed E-state index contributed by atoms with van der Waals surface area (Å²) in [4.78, 5) is 34.0. The van der Waals surface area contributed by atoms with Crippen molar-refractivity contribution in [2.24, 2.45) is 4.99 Å². The Balaban J connectivity index is 1.64. The minimum absolute atomic E-state index is 0.0481. The Bertz CT molecular complexity index is 1250. The second-order valence-electron chi connectivity index (χ2n) is 6.47. The third-order valence-corrected chi connectivity index (χ3v) is 6.41. The van der Waals surface area contributed by atoms with E-state index in [-0.39, 0.29) is 11.6 Å². The Morgan fingerprint density at radius 2 is 1.58 bits per heavy atom. The number of anilines is 2. The molecule has 31 heavy (non-hydrogen) atoms. The summed E-state index contributed by atoms with van der Waals surface area (Å²) in [5.41, 5.74) is 2.37. The van der Waals surface area contributed by atoms with Crippen molar-refractivity contribution < 1.29 is 9.72 Å². The van der Waals surface area contributed by atoms with Gasteiger partial charge in [-0.3, -0.25) is 14.9 Å². The first kappa shape index (κ1) is 20.6. The summed E-state index contributed by atoms with van der Waals surface area (Å²) < 4.78 is 0. The molecule has 0 atom stereocenters. The lowest BCUT2D eigenvalue weighted by Gasteiger charge is -2.21. The van der Waals surface area contributed by atoms with Crippen LogP contribution in [0.25, 0.3) is 0 Å². The number of nitrogens with zero attached hydrogens (tertiary/aromatic N) is 4. The molecule has 0 radical (unpaired) electrons. The second-order valence-corrected chi connectivity index (χ2v) is 8.54.